The molecule has 162 valence electrons. The van der Waals surface area contributed by atoms with E-state index in [0.717, 1.165) is 48.2 Å². The van der Waals surface area contributed by atoms with Crippen LogP contribution in [0.1, 0.15) is 17.2 Å². The minimum Gasteiger partial charge on any atom is -0.406 e. The summed E-state index contributed by atoms with van der Waals surface area (Å²) in [4.78, 5) is 6.79. The third kappa shape index (κ3) is 5.55. The van der Waals surface area contributed by atoms with Gasteiger partial charge >= 0.3 is 6.36 Å². The quantitative estimate of drug-likeness (QED) is 0.597. The summed E-state index contributed by atoms with van der Waals surface area (Å²) in [7, 11) is 0. The van der Waals surface area contributed by atoms with Gasteiger partial charge in [0.1, 0.15) is 5.75 Å². The molecule has 1 aromatic heterocycles. The van der Waals surface area contributed by atoms with Crippen molar-refractivity contribution in [1.29, 1.82) is 0 Å². The second kappa shape index (κ2) is 10.3. The molecule has 4 nitrogen and oxygen atoms in total. The van der Waals surface area contributed by atoms with Crippen molar-refractivity contribution in [1.82, 2.24) is 15.2 Å². The maximum atomic E-state index is 12.5. The van der Waals surface area contributed by atoms with Crippen molar-refractivity contribution in [3.8, 4) is 5.75 Å². The summed E-state index contributed by atoms with van der Waals surface area (Å²) in [5.74, 6) is -0.213. The number of nitrogens with one attached hydrogen (secondary N) is 1. The van der Waals surface area contributed by atoms with Crippen LogP contribution in [-0.2, 0) is 0 Å². The van der Waals surface area contributed by atoms with Crippen LogP contribution in [0.2, 0.25) is 0 Å². The van der Waals surface area contributed by atoms with Gasteiger partial charge in [0.15, 0.2) is 0 Å². The molecule has 0 amide bonds. The van der Waals surface area contributed by atoms with E-state index in [0.29, 0.717) is 0 Å². The molecule has 0 spiro atoms. The van der Waals surface area contributed by atoms with E-state index in [1.54, 1.807) is 18.3 Å². The van der Waals surface area contributed by atoms with Crippen LogP contribution in [0.25, 0.3) is 10.9 Å². The van der Waals surface area contributed by atoms with Crippen molar-refractivity contribution in [2.24, 2.45) is 0 Å². The molecule has 0 saturated carbocycles. The highest BCUT2D eigenvalue weighted by atomic mass is 35.5. The first-order valence-corrected chi connectivity index (χ1v) is 9.15. The molecule has 1 N–H and O–H groups in total. The molecule has 4 rings (SSSR count). The zero-order valence-electron chi connectivity index (χ0n) is 15.9. The number of piperazine rings is 1. The van der Waals surface area contributed by atoms with Gasteiger partial charge < -0.3 is 10.1 Å². The number of pyridine rings is 1. The minimum atomic E-state index is -4.69. The van der Waals surface area contributed by atoms with Crippen LogP contribution in [0.4, 0.5) is 13.2 Å². The second-order valence-corrected chi connectivity index (χ2v) is 6.72. The molecule has 2 heterocycles. The summed E-state index contributed by atoms with van der Waals surface area (Å²) < 4.78 is 41.5. The Hall–Kier alpha value is -2.06. The molecule has 0 unspecified atom stereocenters. The average Bonchev–Trinajstić information content (AvgIpc) is 2.69. The number of para-hydroxylation sites is 1. The van der Waals surface area contributed by atoms with Gasteiger partial charge in [-0.25, -0.2) is 0 Å². The van der Waals surface area contributed by atoms with Gasteiger partial charge in [-0.2, -0.15) is 0 Å². The summed E-state index contributed by atoms with van der Waals surface area (Å²) in [6.07, 6.45) is -2.91. The van der Waals surface area contributed by atoms with Crippen LogP contribution in [-0.4, -0.2) is 42.4 Å². The Kier molecular flexibility index (Phi) is 8.32. The van der Waals surface area contributed by atoms with Gasteiger partial charge in [-0.1, -0.05) is 30.3 Å². The van der Waals surface area contributed by atoms with Crippen molar-refractivity contribution in [3.05, 3.63) is 71.9 Å². The van der Waals surface area contributed by atoms with Crippen LogP contribution < -0.4 is 10.1 Å². The highest BCUT2D eigenvalue weighted by Gasteiger charge is 2.31. The number of fused-ring (bicyclic) bond motifs is 1. The van der Waals surface area contributed by atoms with Crippen molar-refractivity contribution >= 4 is 35.7 Å². The average molecular weight is 460 g/mol. The normalized spacial score (nSPS) is 15.7. The van der Waals surface area contributed by atoms with Crippen molar-refractivity contribution in [3.63, 3.8) is 0 Å². The van der Waals surface area contributed by atoms with Gasteiger partial charge in [0.25, 0.3) is 0 Å². The van der Waals surface area contributed by atoms with E-state index >= 15 is 0 Å². The number of rotatable bonds is 4. The molecule has 1 aliphatic rings. The van der Waals surface area contributed by atoms with E-state index in [9.17, 15) is 13.2 Å². The fraction of sp³-hybridized carbons (Fsp3) is 0.286. The Labute approximate surface area is 185 Å². The molecule has 0 bridgehead atoms. The van der Waals surface area contributed by atoms with E-state index in [2.05, 4.69) is 19.9 Å². The molecule has 1 aliphatic heterocycles. The molecular formula is C21H22Cl2F3N3O. The molecule has 1 fully saturated rings. The third-order valence-corrected chi connectivity index (χ3v) is 4.92. The van der Waals surface area contributed by atoms with Crippen molar-refractivity contribution < 1.29 is 17.9 Å². The number of hydrogen-bond acceptors (Lipinski definition) is 4. The Bertz CT molecular complexity index is 943. The van der Waals surface area contributed by atoms with Crippen LogP contribution in [0.3, 0.4) is 0 Å². The Morgan fingerprint density at radius 3 is 2.27 bits per heavy atom. The zero-order valence-corrected chi connectivity index (χ0v) is 17.6. The fourth-order valence-electron chi connectivity index (χ4n) is 3.74. The van der Waals surface area contributed by atoms with E-state index in [4.69, 9.17) is 0 Å². The summed E-state index contributed by atoms with van der Waals surface area (Å²) >= 11 is 0. The first kappa shape index (κ1) is 24.2. The van der Waals surface area contributed by atoms with Crippen LogP contribution >= 0.6 is 24.8 Å². The topological polar surface area (TPSA) is 37.4 Å². The predicted octanol–water partition coefficient (Wildman–Crippen LogP) is 4.97. The lowest BCUT2D eigenvalue weighted by Gasteiger charge is -2.36. The standard InChI is InChI=1S/C21H20F3N3O.2ClH/c22-21(23,24)28-16-7-5-15(6-8-16)20(27-13-11-25-12-14-27)18-9-10-26-19-4-2-1-3-17(18)19;;/h1-10,20,25H,11-14H2;2*1H/t20-;;/m1../s1. The monoisotopic (exact) mass is 459 g/mol. The van der Waals surface area contributed by atoms with Gasteiger partial charge in [0, 0.05) is 37.8 Å². The molecule has 30 heavy (non-hydrogen) atoms. The van der Waals surface area contributed by atoms with Crippen molar-refractivity contribution in [2.45, 2.75) is 12.4 Å². The number of ether oxygens (including phenoxy) is 1. The fourth-order valence-corrected chi connectivity index (χ4v) is 3.74. The lowest BCUT2D eigenvalue weighted by atomic mass is 9.93. The maximum absolute atomic E-state index is 12.5. The van der Waals surface area contributed by atoms with Crippen LogP contribution in [0.15, 0.2) is 60.8 Å². The van der Waals surface area contributed by atoms with Gasteiger partial charge in [-0.05, 0) is 35.4 Å². The van der Waals surface area contributed by atoms with E-state index < -0.39 is 6.36 Å². The van der Waals surface area contributed by atoms with Gasteiger partial charge in [0.2, 0.25) is 0 Å². The largest absolute Gasteiger partial charge is 0.573 e. The maximum Gasteiger partial charge on any atom is 0.573 e. The first-order valence-electron chi connectivity index (χ1n) is 9.15. The summed E-state index contributed by atoms with van der Waals surface area (Å²) in [5, 5.41) is 4.39. The molecular weight excluding hydrogens is 438 g/mol. The van der Waals surface area contributed by atoms with Gasteiger partial charge in [-0.15, -0.1) is 38.0 Å². The zero-order chi connectivity index (χ0) is 19.6. The minimum absolute atomic E-state index is 0. The molecule has 2 aromatic carbocycles. The highest BCUT2D eigenvalue weighted by Crippen LogP contribution is 2.34. The molecule has 0 radical (unpaired) electrons. The number of aromatic nitrogens is 1. The third-order valence-electron chi connectivity index (χ3n) is 4.92. The number of alkyl halides is 3. The Morgan fingerprint density at radius 1 is 0.933 bits per heavy atom. The lowest BCUT2D eigenvalue weighted by molar-refractivity contribution is -0.274. The molecule has 3 aromatic rings. The highest BCUT2D eigenvalue weighted by molar-refractivity contribution is 5.85. The number of benzene rings is 2. The Balaban J connectivity index is 0.00000160. The Morgan fingerprint density at radius 2 is 1.60 bits per heavy atom. The molecule has 1 atom stereocenters. The van der Waals surface area contributed by atoms with E-state index in [1.807, 2.05) is 30.3 Å². The second-order valence-electron chi connectivity index (χ2n) is 6.72. The summed E-state index contributed by atoms with van der Waals surface area (Å²) in [5.41, 5.74) is 2.92. The smallest absolute Gasteiger partial charge is 0.406 e. The van der Waals surface area contributed by atoms with E-state index in [1.165, 1.54) is 12.1 Å². The predicted molar refractivity (Wildman–Crippen MR) is 116 cm³/mol. The summed E-state index contributed by atoms with van der Waals surface area (Å²) in [6, 6.07) is 16.0. The summed E-state index contributed by atoms with van der Waals surface area (Å²) in [6.45, 7) is 3.44. The first-order chi connectivity index (χ1) is 13.5. The van der Waals surface area contributed by atoms with Gasteiger partial charge in [-0.3, -0.25) is 9.88 Å². The number of halogens is 5. The number of hydrogen-bond donors (Lipinski definition) is 1. The number of nitrogens with zero attached hydrogens (tertiary/aromatic N) is 2. The molecule has 9 heteroatoms. The van der Waals surface area contributed by atoms with Gasteiger partial charge in [0.05, 0.1) is 11.6 Å². The van der Waals surface area contributed by atoms with Crippen molar-refractivity contribution in [2.75, 3.05) is 26.2 Å². The molecule has 0 aliphatic carbocycles. The molecule has 1 saturated heterocycles. The SMILES string of the molecule is Cl.Cl.FC(F)(F)Oc1ccc([C@H](c2ccnc3ccccc23)N2CCNCC2)cc1. The van der Waals surface area contributed by atoms with Crippen LogP contribution in [0.5, 0.6) is 5.75 Å². The van der Waals surface area contributed by atoms with E-state index in [-0.39, 0.29) is 36.6 Å². The lowest BCUT2D eigenvalue weighted by Crippen LogP contribution is -2.45. The van der Waals surface area contributed by atoms with Crippen LogP contribution in [0, 0.1) is 0 Å².